The van der Waals surface area contributed by atoms with Gasteiger partial charge in [-0.15, -0.1) is 15.0 Å². The van der Waals surface area contributed by atoms with Crippen LogP contribution in [0, 0.1) is 0 Å². The van der Waals surface area contributed by atoms with E-state index in [2.05, 4.69) is 15.5 Å². The lowest BCUT2D eigenvalue weighted by Gasteiger charge is -2.04. The van der Waals surface area contributed by atoms with Crippen LogP contribution in [0.4, 0.5) is 5.82 Å². The van der Waals surface area contributed by atoms with E-state index in [0.717, 1.165) is 11.1 Å². The van der Waals surface area contributed by atoms with Gasteiger partial charge in [0.05, 0.1) is 5.69 Å². The Bertz CT molecular complexity index is 996. The Hall–Kier alpha value is -3.98. The molecular weight excluding hydrogens is 360 g/mol. The molecule has 0 aliphatic heterocycles. The van der Waals surface area contributed by atoms with E-state index >= 15 is 0 Å². The highest BCUT2D eigenvalue weighted by molar-refractivity contribution is 5.96. The highest BCUT2D eigenvalue weighted by Crippen LogP contribution is 2.11. The summed E-state index contributed by atoms with van der Waals surface area (Å²) in [4.78, 5) is 24.7. The summed E-state index contributed by atoms with van der Waals surface area (Å²) in [6.07, 6.45) is 2.76. The molecule has 0 radical (unpaired) electrons. The molecule has 0 unspecified atom stereocenters. The van der Waals surface area contributed by atoms with Gasteiger partial charge in [-0.05, 0) is 29.3 Å². The van der Waals surface area contributed by atoms with Crippen molar-refractivity contribution in [3.8, 4) is 5.69 Å². The normalized spacial score (nSPS) is 10.8. The van der Waals surface area contributed by atoms with Crippen LogP contribution in [-0.4, -0.2) is 32.0 Å². The minimum atomic E-state index is -0.613. The average molecular weight is 378 g/mol. The van der Waals surface area contributed by atoms with Gasteiger partial charge < -0.3 is 11.1 Å². The second kappa shape index (κ2) is 8.60. The Labute approximate surface area is 160 Å². The van der Waals surface area contributed by atoms with E-state index in [1.807, 2.05) is 18.2 Å². The Morgan fingerprint density at radius 1 is 1.07 bits per heavy atom. The average Bonchev–Trinajstić information content (AvgIpc) is 3.13. The molecule has 9 nitrogen and oxygen atoms in total. The van der Waals surface area contributed by atoms with Gasteiger partial charge in [0, 0.05) is 12.6 Å². The number of hydrogen-bond acceptors (Lipinski definition) is 6. The molecule has 0 atom stereocenters. The zero-order valence-electron chi connectivity index (χ0n) is 14.7. The summed E-state index contributed by atoms with van der Waals surface area (Å²) in [6, 6.07) is 16.3. The molecule has 3 aromatic rings. The number of hydroxylamine groups is 1. The number of aromatic nitrogens is 3. The van der Waals surface area contributed by atoms with Crippen molar-refractivity contribution < 1.29 is 14.8 Å². The van der Waals surface area contributed by atoms with Crippen LogP contribution in [0.1, 0.15) is 21.6 Å². The van der Waals surface area contributed by atoms with Gasteiger partial charge in [-0.3, -0.25) is 14.8 Å². The molecule has 5 N–H and O–H groups in total. The molecule has 9 heteroatoms. The van der Waals surface area contributed by atoms with Crippen LogP contribution in [0.2, 0.25) is 0 Å². The number of carbonyl (C=O) groups excluding carboxylic acids is 2. The van der Waals surface area contributed by atoms with E-state index < -0.39 is 11.8 Å². The summed E-state index contributed by atoms with van der Waals surface area (Å²) in [5, 5.41) is 19.4. The van der Waals surface area contributed by atoms with Crippen LogP contribution < -0.4 is 16.5 Å². The fraction of sp³-hybridized carbons (Fsp3) is 0.0526. The first-order valence-electron chi connectivity index (χ1n) is 8.34. The number of hydrogen-bond donors (Lipinski definition) is 4. The zero-order chi connectivity index (χ0) is 19.9. The maximum absolute atomic E-state index is 12.4. The SMILES string of the molecule is Nc1nn(-c2ccccc2)nc1C(=O)NCc1ccc(/C=C/C(=O)NO)cc1. The number of anilines is 1. The smallest absolute Gasteiger partial charge is 0.275 e. The van der Waals surface area contributed by atoms with Crippen LogP contribution in [0.15, 0.2) is 60.7 Å². The highest BCUT2D eigenvalue weighted by Gasteiger charge is 2.16. The van der Waals surface area contributed by atoms with Crippen molar-refractivity contribution in [1.29, 1.82) is 0 Å². The first-order valence-corrected chi connectivity index (χ1v) is 8.34. The van der Waals surface area contributed by atoms with Crippen molar-refractivity contribution in [1.82, 2.24) is 25.8 Å². The number of nitrogens with two attached hydrogens (primary N) is 1. The van der Waals surface area contributed by atoms with E-state index in [1.54, 1.807) is 42.5 Å². The van der Waals surface area contributed by atoms with E-state index in [4.69, 9.17) is 10.9 Å². The van der Waals surface area contributed by atoms with Crippen molar-refractivity contribution in [2.24, 2.45) is 0 Å². The number of para-hydroxylation sites is 1. The zero-order valence-corrected chi connectivity index (χ0v) is 14.7. The molecule has 0 aliphatic carbocycles. The van der Waals surface area contributed by atoms with Crippen molar-refractivity contribution in [3.05, 3.63) is 77.5 Å². The predicted octanol–water partition coefficient (Wildman–Crippen LogP) is 1.30. The topological polar surface area (TPSA) is 135 Å². The van der Waals surface area contributed by atoms with E-state index in [1.165, 1.54) is 16.4 Å². The summed E-state index contributed by atoms with van der Waals surface area (Å²) in [5.74, 6) is -0.996. The molecule has 3 rings (SSSR count). The lowest BCUT2D eigenvalue weighted by Crippen LogP contribution is -2.24. The summed E-state index contributed by atoms with van der Waals surface area (Å²) in [5.41, 5.74) is 9.72. The van der Waals surface area contributed by atoms with Gasteiger partial charge in [-0.1, -0.05) is 42.5 Å². The number of nitrogens with zero attached hydrogens (tertiary/aromatic N) is 3. The first kappa shape index (κ1) is 18.8. The Morgan fingerprint density at radius 2 is 1.79 bits per heavy atom. The Balaban J connectivity index is 1.62. The maximum atomic E-state index is 12.4. The predicted molar refractivity (Wildman–Crippen MR) is 102 cm³/mol. The maximum Gasteiger partial charge on any atom is 0.275 e. The van der Waals surface area contributed by atoms with Crippen molar-refractivity contribution in [2.75, 3.05) is 5.73 Å². The van der Waals surface area contributed by atoms with Crippen LogP contribution in [-0.2, 0) is 11.3 Å². The number of nitrogen functional groups attached to an aromatic ring is 1. The lowest BCUT2D eigenvalue weighted by atomic mass is 10.1. The van der Waals surface area contributed by atoms with Crippen LogP contribution >= 0.6 is 0 Å². The molecule has 28 heavy (non-hydrogen) atoms. The van der Waals surface area contributed by atoms with E-state index in [0.29, 0.717) is 5.69 Å². The minimum Gasteiger partial charge on any atom is -0.380 e. The first-order chi connectivity index (χ1) is 13.6. The third-order valence-electron chi connectivity index (χ3n) is 3.81. The van der Waals surface area contributed by atoms with Crippen LogP contribution in [0.25, 0.3) is 11.8 Å². The molecule has 0 fully saturated rings. The Kier molecular flexibility index (Phi) is 5.78. The van der Waals surface area contributed by atoms with Crippen molar-refractivity contribution in [2.45, 2.75) is 6.54 Å². The number of benzene rings is 2. The second-order valence-corrected chi connectivity index (χ2v) is 5.79. The number of amides is 2. The van der Waals surface area contributed by atoms with Gasteiger partial charge in [0.25, 0.3) is 11.8 Å². The van der Waals surface area contributed by atoms with Gasteiger partial charge in [-0.25, -0.2) is 5.48 Å². The molecule has 0 bridgehead atoms. The molecule has 0 aliphatic rings. The van der Waals surface area contributed by atoms with E-state index in [-0.39, 0.29) is 18.1 Å². The molecule has 0 saturated carbocycles. The number of nitrogens with one attached hydrogen (secondary N) is 2. The standard InChI is InChI=1S/C19H18N6O3/c20-18-17(22-25(23-18)15-4-2-1-3-5-15)19(27)21-12-14-8-6-13(7-9-14)10-11-16(26)24-28/h1-11,28H,12H2,(H2,20,23)(H,21,27)(H,24,26)/b11-10+. The van der Waals surface area contributed by atoms with E-state index in [9.17, 15) is 9.59 Å². The van der Waals surface area contributed by atoms with Gasteiger partial charge in [0.15, 0.2) is 11.5 Å². The highest BCUT2D eigenvalue weighted by atomic mass is 16.5. The molecule has 142 valence electrons. The molecular formula is C19H18N6O3. The van der Waals surface area contributed by atoms with Crippen LogP contribution in [0.5, 0.6) is 0 Å². The van der Waals surface area contributed by atoms with Crippen LogP contribution in [0.3, 0.4) is 0 Å². The molecule has 1 heterocycles. The van der Waals surface area contributed by atoms with Gasteiger partial charge in [0.2, 0.25) is 0 Å². The Morgan fingerprint density at radius 3 is 2.46 bits per heavy atom. The van der Waals surface area contributed by atoms with Gasteiger partial charge in [-0.2, -0.15) is 0 Å². The quantitative estimate of drug-likeness (QED) is 0.290. The fourth-order valence-electron chi connectivity index (χ4n) is 2.38. The monoisotopic (exact) mass is 378 g/mol. The number of rotatable bonds is 6. The molecule has 0 saturated heterocycles. The lowest BCUT2D eigenvalue weighted by molar-refractivity contribution is -0.124. The molecule has 2 aromatic carbocycles. The fourth-order valence-corrected chi connectivity index (χ4v) is 2.38. The van der Waals surface area contributed by atoms with Gasteiger partial charge >= 0.3 is 0 Å². The number of carbonyl (C=O) groups is 2. The third-order valence-corrected chi connectivity index (χ3v) is 3.81. The summed E-state index contributed by atoms with van der Waals surface area (Å²) in [6.45, 7) is 0.275. The largest absolute Gasteiger partial charge is 0.380 e. The van der Waals surface area contributed by atoms with Gasteiger partial charge in [0.1, 0.15) is 0 Å². The molecule has 2 amide bonds. The summed E-state index contributed by atoms with van der Waals surface area (Å²) < 4.78 is 0. The van der Waals surface area contributed by atoms with Crippen molar-refractivity contribution in [3.63, 3.8) is 0 Å². The third kappa shape index (κ3) is 4.59. The second-order valence-electron chi connectivity index (χ2n) is 5.79. The van der Waals surface area contributed by atoms with Crippen molar-refractivity contribution >= 4 is 23.7 Å². The summed E-state index contributed by atoms with van der Waals surface area (Å²) in [7, 11) is 0. The minimum absolute atomic E-state index is 0.0454. The molecule has 1 aromatic heterocycles. The summed E-state index contributed by atoms with van der Waals surface area (Å²) >= 11 is 0. The molecule has 0 spiro atoms.